The molecule has 0 fully saturated rings. The molecular weight excluding hydrogens is 357 g/mol. The van der Waals surface area contributed by atoms with Crippen molar-refractivity contribution in [1.29, 1.82) is 0 Å². The van der Waals surface area contributed by atoms with Gasteiger partial charge in [0.05, 0.1) is 5.02 Å². The Labute approximate surface area is 137 Å². The lowest BCUT2D eigenvalue weighted by Crippen LogP contribution is -2.13. The zero-order chi connectivity index (χ0) is 15.4. The van der Waals surface area contributed by atoms with Crippen molar-refractivity contribution in [2.45, 2.75) is 19.6 Å². The Balaban J connectivity index is 2.17. The summed E-state index contributed by atoms with van der Waals surface area (Å²) < 4.78 is 20.0. The van der Waals surface area contributed by atoms with Gasteiger partial charge in [0.15, 0.2) is 0 Å². The number of benzene rings is 2. The summed E-state index contributed by atoms with van der Waals surface area (Å²) in [6.45, 7) is 2.40. The molecule has 0 saturated heterocycles. The molecule has 0 aliphatic heterocycles. The summed E-state index contributed by atoms with van der Waals surface area (Å²) in [5, 5.41) is 3.30. The summed E-state index contributed by atoms with van der Waals surface area (Å²) >= 11 is 9.24. The Kier molecular flexibility index (Phi) is 5.62. The number of halogens is 3. The molecule has 0 amide bonds. The van der Waals surface area contributed by atoms with Gasteiger partial charge in [0, 0.05) is 16.1 Å². The molecule has 0 bridgehead atoms. The van der Waals surface area contributed by atoms with Crippen molar-refractivity contribution in [2.24, 2.45) is 0 Å². The summed E-state index contributed by atoms with van der Waals surface area (Å²) in [7, 11) is 1.90. The van der Waals surface area contributed by atoms with Gasteiger partial charge in [0.2, 0.25) is 0 Å². The van der Waals surface area contributed by atoms with E-state index in [0.29, 0.717) is 6.61 Å². The molecule has 2 rings (SSSR count). The zero-order valence-electron chi connectivity index (χ0n) is 11.8. The topological polar surface area (TPSA) is 21.3 Å². The van der Waals surface area contributed by atoms with Crippen LogP contribution in [-0.2, 0) is 6.61 Å². The first kappa shape index (κ1) is 16.3. The third-order valence-corrected chi connectivity index (χ3v) is 4.03. The Hall–Kier alpha value is -1.10. The van der Waals surface area contributed by atoms with Crippen LogP contribution < -0.4 is 10.1 Å². The molecule has 2 aromatic carbocycles. The van der Waals surface area contributed by atoms with Crippen LogP contribution >= 0.6 is 27.5 Å². The van der Waals surface area contributed by atoms with Crippen molar-refractivity contribution in [3.05, 3.63) is 62.8 Å². The van der Waals surface area contributed by atoms with Crippen LogP contribution in [-0.4, -0.2) is 7.05 Å². The lowest BCUT2D eigenvalue weighted by molar-refractivity contribution is 0.300. The summed E-state index contributed by atoms with van der Waals surface area (Å²) in [5.41, 5.74) is 1.88. The summed E-state index contributed by atoms with van der Waals surface area (Å²) in [4.78, 5) is 0. The van der Waals surface area contributed by atoms with Crippen molar-refractivity contribution < 1.29 is 9.13 Å². The van der Waals surface area contributed by atoms with Crippen LogP contribution in [0.3, 0.4) is 0 Å². The van der Waals surface area contributed by atoms with Gasteiger partial charge in [0.1, 0.15) is 18.2 Å². The predicted molar refractivity (Wildman–Crippen MR) is 87.4 cm³/mol. The summed E-state index contributed by atoms with van der Waals surface area (Å²) in [5.74, 6) is 0.369. The van der Waals surface area contributed by atoms with Crippen molar-refractivity contribution in [3.63, 3.8) is 0 Å². The lowest BCUT2D eigenvalue weighted by atomic mass is 10.1. The van der Waals surface area contributed by atoms with Crippen LogP contribution in [0, 0.1) is 5.82 Å². The van der Waals surface area contributed by atoms with Crippen molar-refractivity contribution in [1.82, 2.24) is 5.32 Å². The molecule has 2 nitrogen and oxygen atoms in total. The molecular formula is C16H16BrClFNO. The van der Waals surface area contributed by atoms with Crippen LogP contribution in [0.5, 0.6) is 5.75 Å². The fourth-order valence-corrected chi connectivity index (χ4v) is 2.52. The van der Waals surface area contributed by atoms with E-state index in [0.717, 1.165) is 21.3 Å². The van der Waals surface area contributed by atoms with Crippen molar-refractivity contribution in [2.75, 3.05) is 7.05 Å². The Morgan fingerprint density at radius 3 is 2.71 bits per heavy atom. The van der Waals surface area contributed by atoms with Gasteiger partial charge in [-0.15, -0.1) is 0 Å². The molecule has 112 valence electrons. The maximum absolute atomic E-state index is 13.1. The van der Waals surface area contributed by atoms with E-state index in [1.54, 1.807) is 12.1 Å². The quantitative estimate of drug-likeness (QED) is 0.788. The number of hydrogen-bond donors (Lipinski definition) is 1. The average molecular weight is 373 g/mol. The van der Waals surface area contributed by atoms with Gasteiger partial charge < -0.3 is 10.1 Å². The molecule has 1 unspecified atom stereocenters. The molecule has 5 heteroatoms. The molecule has 0 saturated carbocycles. The molecule has 1 N–H and O–H groups in total. The number of rotatable bonds is 5. The number of hydrogen-bond acceptors (Lipinski definition) is 2. The Morgan fingerprint density at radius 2 is 2.05 bits per heavy atom. The average Bonchev–Trinajstić information content (AvgIpc) is 2.48. The van der Waals surface area contributed by atoms with E-state index in [2.05, 4.69) is 28.2 Å². The highest BCUT2D eigenvalue weighted by molar-refractivity contribution is 9.10. The molecule has 0 radical (unpaired) electrons. The molecule has 0 aliphatic carbocycles. The van der Waals surface area contributed by atoms with Crippen LogP contribution in [0.15, 0.2) is 40.9 Å². The predicted octanol–water partition coefficient (Wildman–Crippen LogP) is 5.10. The largest absolute Gasteiger partial charge is 0.489 e. The first-order chi connectivity index (χ1) is 10.0. The third kappa shape index (κ3) is 4.19. The lowest BCUT2D eigenvalue weighted by Gasteiger charge is -2.17. The van der Waals surface area contributed by atoms with Crippen LogP contribution in [0.4, 0.5) is 4.39 Å². The van der Waals surface area contributed by atoms with Gasteiger partial charge in [-0.1, -0.05) is 33.6 Å². The van der Waals surface area contributed by atoms with Gasteiger partial charge in [-0.05, 0) is 49.9 Å². The van der Waals surface area contributed by atoms with Gasteiger partial charge >= 0.3 is 0 Å². The van der Waals surface area contributed by atoms with Gasteiger partial charge in [-0.25, -0.2) is 4.39 Å². The van der Waals surface area contributed by atoms with Crippen molar-refractivity contribution in [3.8, 4) is 5.75 Å². The second kappa shape index (κ2) is 7.25. The highest BCUT2D eigenvalue weighted by Crippen LogP contribution is 2.29. The fraction of sp³-hybridized carbons (Fsp3) is 0.250. The maximum atomic E-state index is 13.1. The number of nitrogens with one attached hydrogen (secondary N) is 1. The van der Waals surface area contributed by atoms with Crippen molar-refractivity contribution >= 4 is 27.5 Å². The van der Waals surface area contributed by atoms with Crippen LogP contribution in [0.2, 0.25) is 5.02 Å². The molecule has 21 heavy (non-hydrogen) atoms. The summed E-state index contributed by atoms with van der Waals surface area (Å²) in [6, 6.07) is 10.6. The van der Waals surface area contributed by atoms with E-state index in [9.17, 15) is 4.39 Å². The monoisotopic (exact) mass is 371 g/mol. The number of ether oxygens (including phenoxy) is 1. The maximum Gasteiger partial charge on any atom is 0.141 e. The van der Waals surface area contributed by atoms with E-state index in [1.807, 2.05) is 25.2 Å². The Morgan fingerprint density at radius 1 is 1.29 bits per heavy atom. The first-order valence-electron chi connectivity index (χ1n) is 6.54. The second-order valence-corrected chi connectivity index (χ2v) is 6.05. The molecule has 2 aromatic rings. The minimum Gasteiger partial charge on any atom is -0.489 e. The van der Waals surface area contributed by atoms with E-state index in [-0.39, 0.29) is 11.1 Å². The zero-order valence-corrected chi connectivity index (χ0v) is 14.1. The Bertz CT molecular complexity index is 636. The molecule has 1 atom stereocenters. The van der Waals surface area contributed by atoms with Gasteiger partial charge in [-0.3, -0.25) is 0 Å². The highest BCUT2D eigenvalue weighted by Gasteiger charge is 2.11. The molecule has 0 heterocycles. The SMILES string of the molecule is CNC(C)c1cc(Br)ccc1OCc1ccc(F)c(Cl)c1. The minimum atomic E-state index is -0.423. The van der Waals surface area contributed by atoms with Crippen LogP contribution in [0.1, 0.15) is 24.1 Å². The van der Waals surface area contributed by atoms with E-state index < -0.39 is 5.82 Å². The van der Waals surface area contributed by atoms with Gasteiger partial charge in [0.25, 0.3) is 0 Å². The van der Waals surface area contributed by atoms with E-state index in [4.69, 9.17) is 16.3 Å². The second-order valence-electron chi connectivity index (χ2n) is 4.73. The molecule has 0 spiro atoms. The van der Waals surface area contributed by atoms with E-state index >= 15 is 0 Å². The first-order valence-corrected chi connectivity index (χ1v) is 7.72. The smallest absolute Gasteiger partial charge is 0.141 e. The van der Waals surface area contributed by atoms with Gasteiger partial charge in [-0.2, -0.15) is 0 Å². The highest BCUT2D eigenvalue weighted by atomic mass is 79.9. The van der Waals surface area contributed by atoms with E-state index in [1.165, 1.54) is 6.07 Å². The fourth-order valence-electron chi connectivity index (χ4n) is 1.94. The van der Waals surface area contributed by atoms with Crippen LogP contribution in [0.25, 0.3) is 0 Å². The normalized spacial score (nSPS) is 12.2. The molecule has 0 aliphatic rings. The minimum absolute atomic E-state index is 0.107. The third-order valence-electron chi connectivity index (χ3n) is 3.25. The molecule has 0 aromatic heterocycles. The summed E-state index contributed by atoms with van der Waals surface area (Å²) in [6.07, 6.45) is 0. The standard InChI is InChI=1S/C16H16BrClFNO/c1-10(20-2)13-8-12(17)4-6-16(13)21-9-11-3-5-15(19)14(18)7-11/h3-8,10,20H,9H2,1-2H3.